The van der Waals surface area contributed by atoms with Crippen LogP contribution in [-0.2, 0) is 38.6 Å². The van der Waals surface area contributed by atoms with E-state index in [0.717, 1.165) is 43.0 Å². The summed E-state index contributed by atoms with van der Waals surface area (Å²) < 4.78 is 0.957. The third-order valence-corrected chi connectivity index (χ3v) is 14.9. The molecular formula is C52H57N9O8S2. The fourth-order valence-corrected chi connectivity index (χ4v) is 10.8. The van der Waals surface area contributed by atoms with E-state index in [1.807, 2.05) is 79.4 Å². The summed E-state index contributed by atoms with van der Waals surface area (Å²) in [4.78, 5) is 100. The van der Waals surface area contributed by atoms with Crippen molar-refractivity contribution in [3.8, 4) is 10.4 Å². The van der Waals surface area contributed by atoms with Gasteiger partial charge in [-0.05, 0) is 84.2 Å². The Morgan fingerprint density at radius 2 is 1.70 bits per heavy atom. The molecule has 0 unspecified atom stereocenters. The van der Waals surface area contributed by atoms with Crippen LogP contribution >= 0.6 is 22.7 Å². The van der Waals surface area contributed by atoms with Crippen molar-refractivity contribution < 1.29 is 39.0 Å². The van der Waals surface area contributed by atoms with Crippen molar-refractivity contribution in [2.45, 2.75) is 91.1 Å². The Hall–Kier alpha value is -7.09. The second kappa shape index (κ2) is 21.1. The molecule has 17 nitrogen and oxygen atoms in total. The number of anilines is 2. The minimum atomic E-state index is -1.26. The highest BCUT2D eigenvalue weighted by molar-refractivity contribution is 7.22. The Bertz CT molecular complexity index is 2970. The van der Waals surface area contributed by atoms with Gasteiger partial charge in [0.15, 0.2) is 10.8 Å². The molecule has 2 aliphatic rings. The lowest BCUT2D eigenvalue weighted by Crippen LogP contribution is -2.58. The number of thiazole rings is 2. The van der Waals surface area contributed by atoms with Crippen LogP contribution in [0.2, 0.25) is 0 Å². The van der Waals surface area contributed by atoms with Gasteiger partial charge in [-0.15, -0.1) is 11.3 Å². The number of aromatic carboxylic acids is 1. The normalized spacial score (nSPS) is 16.5. The predicted octanol–water partition coefficient (Wildman–Crippen LogP) is 6.40. The zero-order chi connectivity index (χ0) is 50.7. The molecule has 1 fully saturated rings. The molecule has 5 N–H and O–H groups in total. The van der Waals surface area contributed by atoms with Crippen LogP contribution in [0.1, 0.15) is 95.4 Å². The van der Waals surface area contributed by atoms with Crippen molar-refractivity contribution >= 4 is 79.3 Å². The standard InChI is InChI=1S/C52H57N9O8S2/c1-29(31-14-16-34(17-15-31)45-30(2)53-28-70-45)54-48(66)39-24-35(62)25-61(39)49(67)46(52(3,4)5)57-42(63)27-59(6)43(64)21-19-33-18-20-41(56-44(33)50(68)69)60-23-22-32-10-9-11-36(37(32)26-60)47(65)58-51-55-38-12-7-8-13-40(38)71-51/h7-18,20,28-29,35,39,46,62H,19,21-27H2,1-6H3,(H,54,66)(H,57,63)(H,68,69)(H,55,58,65)/t29-,35+,39-,46+/m0/s1. The Morgan fingerprint density at radius 1 is 0.944 bits per heavy atom. The summed E-state index contributed by atoms with van der Waals surface area (Å²) in [5.74, 6) is -3.16. The first-order chi connectivity index (χ1) is 33.8. The fourth-order valence-electron chi connectivity index (χ4n) is 9.08. The molecular weight excluding hydrogens is 943 g/mol. The smallest absolute Gasteiger partial charge is 0.354 e. The van der Waals surface area contributed by atoms with E-state index in [1.165, 1.54) is 28.2 Å². The van der Waals surface area contributed by atoms with Gasteiger partial charge in [-0.25, -0.2) is 19.7 Å². The van der Waals surface area contributed by atoms with Crippen LogP contribution in [0.3, 0.4) is 0 Å². The van der Waals surface area contributed by atoms with E-state index >= 15 is 0 Å². The lowest BCUT2D eigenvalue weighted by Gasteiger charge is -2.36. The number of amides is 5. The number of β-amino-alcohol motifs (C(OH)–C–C–N with tert-alkyl or cyclic N) is 1. The molecule has 2 aliphatic heterocycles. The Morgan fingerprint density at radius 3 is 2.41 bits per heavy atom. The number of hydrogen-bond donors (Lipinski definition) is 5. The lowest BCUT2D eigenvalue weighted by molar-refractivity contribution is -0.144. The van der Waals surface area contributed by atoms with E-state index in [4.69, 9.17) is 0 Å². The SMILES string of the molecule is Cc1ncsc1-c1ccc([C@H](C)NC(=O)[C@@H]2C[C@@H](O)CN2C(=O)[C@@H](NC(=O)CN(C)C(=O)CCc2ccc(N3CCc4cccc(C(=O)Nc5nc6ccccc6s5)c4C3)nc2C(=O)O)C(C)(C)C)cc1. The minimum absolute atomic E-state index is 0.0263. The first kappa shape index (κ1) is 50.3. The monoisotopic (exact) mass is 999 g/mol. The van der Waals surface area contributed by atoms with Crippen molar-refractivity contribution in [2.75, 3.05) is 36.9 Å². The lowest BCUT2D eigenvalue weighted by atomic mass is 9.85. The molecule has 0 spiro atoms. The van der Waals surface area contributed by atoms with Crippen LogP contribution in [0.5, 0.6) is 0 Å². The molecule has 3 aromatic heterocycles. The number of aliphatic hydroxyl groups excluding tert-OH is 1. The molecule has 1 saturated heterocycles. The second-order valence-electron chi connectivity index (χ2n) is 19.2. The van der Waals surface area contributed by atoms with E-state index < -0.39 is 65.8 Å². The van der Waals surface area contributed by atoms with Crippen LogP contribution < -0.4 is 20.9 Å². The van der Waals surface area contributed by atoms with Gasteiger partial charge >= 0.3 is 5.97 Å². The number of carboxylic acid groups (broad SMARTS) is 1. The highest BCUT2D eigenvalue weighted by Gasteiger charge is 2.45. The molecule has 0 aliphatic carbocycles. The number of likely N-dealkylation sites (tertiary alicyclic amines) is 1. The largest absolute Gasteiger partial charge is 0.477 e. The Kier molecular flexibility index (Phi) is 14.9. The molecule has 5 heterocycles. The summed E-state index contributed by atoms with van der Waals surface area (Å²) in [6.45, 7) is 9.48. The van der Waals surface area contributed by atoms with Gasteiger partial charge in [-0.2, -0.15) is 0 Å². The number of rotatable bonds is 15. The summed E-state index contributed by atoms with van der Waals surface area (Å²) in [6, 6.07) is 21.9. The molecule has 0 bridgehead atoms. The summed E-state index contributed by atoms with van der Waals surface area (Å²) in [5, 5.41) is 30.2. The molecule has 0 saturated carbocycles. The van der Waals surface area contributed by atoms with E-state index in [2.05, 4.69) is 30.9 Å². The number of fused-ring (bicyclic) bond motifs is 2. The topological polar surface area (TPSA) is 227 Å². The zero-order valence-electron chi connectivity index (χ0n) is 40.4. The van der Waals surface area contributed by atoms with Gasteiger partial charge in [0, 0.05) is 45.1 Å². The number of aliphatic hydroxyl groups is 1. The average Bonchev–Trinajstić information content (AvgIpc) is 4.09. The van der Waals surface area contributed by atoms with Gasteiger partial charge < -0.3 is 35.5 Å². The molecule has 5 amide bonds. The van der Waals surface area contributed by atoms with Gasteiger partial charge in [-0.3, -0.25) is 29.3 Å². The number of pyridine rings is 1. The van der Waals surface area contributed by atoms with E-state index in [9.17, 15) is 39.0 Å². The van der Waals surface area contributed by atoms with Crippen molar-refractivity contribution in [2.24, 2.45) is 5.41 Å². The number of carbonyl (C=O) groups is 6. The van der Waals surface area contributed by atoms with Crippen LogP contribution in [0.4, 0.5) is 10.9 Å². The molecule has 370 valence electrons. The van der Waals surface area contributed by atoms with Crippen molar-refractivity contribution in [1.29, 1.82) is 0 Å². The van der Waals surface area contributed by atoms with Gasteiger partial charge in [0.05, 0.1) is 45.0 Å². The highest BCUT2D eigenvalue weighted by Crippen LogP contribution is 2.32. The first-order valence-corrected chi connectivity index (χ1v) is 25.1. The number of benzene rings is 3. The van der Waals surface area contributed by atoms with Crippen molar-refractivity contribution in [1.82, 2.24) is 35.4 Å². The van der Waals surface area contributed by atoms with Crippen LogP contribution in [-0.4, -0.2) is 115 Å². The van der Waals surface area contributed by atoms with Crippen LogP contribution in [0.15, 0.2) is 84.4 Å². The number of nitrogens with zero attached hydrogens (tertiary/aromatic N) is 6. The van der Waals surface area contributed by atoms with Crippen LogP contribution in [0, 0.1) is 12.3 Å². The minimum Gasteiger partial charge on any atom is -0.477 e. The maximum Gasteiger partial charge on any atom is 0.354 e. The third kappa shape index (κ3) is 11.4. The number of hydrogen-bond acceptors (Lipinski definition) is 13. The first-order valence-electron chi connectivity index (χ1n) is 23.4. The predicted molar refractivity (Wildman–Crippen MR) is 272 cm³/mol. The van der Waals surface area contributed by atoms with Crippen molar-refractivity contribution in [3.05, 3.63) is 124 Å². The summed E-state index contributed by atoms with van der Waals surface area (Å²) in [7, 11) is 1.45. The molecule has 0 radical (unpaired) electrons. The van der Waals surface area contributed by atoms with Gasteiger partial charge in [0.2, 0.25) is 23.6 Å². The molecule has 8 rings (SSSR count). The number of carbonyl (C=O) groups excluding carboxylic acids is 5. The number of nitrogens with one attached hydrogen (secondary N) is 3. The molecule has 6 aromatic rings. The summed E-state index contributed by atoms with van der Waals surface area (Å²) >= 11 is 2.94. The maximum atomic E-state index is 14.3. The second-order valence-corrected chi connectivity index (χ2v) is 21.1. The number of carboxylic acids is 1. The fraction of sp³-hybridized carbons (Fsp3) is 0.365. The van der Waals surface area contributed by atoms with Gasteiger partial charge in [0.25, 0.3) is 5.91 Å². The summed E-state index contributed by atoms with van der Waals surface area (Å²) in [6.07, 6.45) is -0.426. The Labute approximate surface area is 419 Å². The number of aromatic nitrogens is 3. The number of para-hydroxylation sites is 1. The number of likely N-dealkylation sites (N-methyl/N-ethyl adjacent to an activating group) is 1. The van der Waals surface area contributed by atoms with Gasteiger partial charge in [0.1, 0.15) is 17.9 Å². The van der Waals surface area contributed by atoms with E-state index in [-0.39, 0.29) is 37.4 Å². The van der Waals surface area contributed by atoms with Gasteiger partial charge in [-0.1, -0.05) is 86.7 Å². The quantitative estimate of drug-likeness (QED) is 0.0754. The van der Waals surface area contributed by atoms with E-state index in [1.54, 1.807) is 55.8 Å². The van der Waals surface area contributed by atoms with Crippen molar-refractivity contribution in [3.63, 3.8) is 0 Å². The van der Waals surface area contributed by atoms with Crippen LogP contribution in [0.25, 0.3) is 20.7 Å². The zero-order valence-corrected chi connectivity index (χ0v) is 42.0. The maximum absolute atomic E-state index is 14.3. The third-order valence-electron chi connectivity index (χ3n) is 13.0. The average molecular weight is 1000 g/mol. The Balaban J connectivity index is 0.862. The van der Waals surface area contributed by atoms with E-state index in [0.29, 0.717) is 41.6 Å². The summed E-state index contributed by atoms with van der Waals surface area (Å²) in [5.41, 5.74) is 7.02. The molecule has 71 heavy (non-hydrogen) atoms. The highest BCUT2D eigenvalue weighted by atomic mass is 32.1. The molecule has 3 aromatic carbocycles. The molecule has 19 heteroatoms. The molecule has 4 atom stereocenters. The number of aryl methyl sites for hydroxylation is 2.